The van der Waals surface area contributed by atoms with Crippen molar-refractivity contribution in [3.8, 4) is 5.75 Å². The molecule has 2 rings (SSSR count). The first-order valence-corrected chi connectivity index (χ1v) is 8.03. The summed E-state index contributed by atoms with van der Waals surface area (Å²) in [5, 5.41) is 14.9. The summed E-state index contributed by atoms with van der Waals surface area (Å²) < 4.78 is 5.68. The molecular formula is C19H24N2O3. The average Bonchev–Trinajstić information content (AvgIpc) is 2.59. The Hall–Kier alpha value is -2.53. The fourth-order valence-electron chi connectivity index (χ4n) is 2.16. The van der Waals surface area contributed by atoms with Crippen LogP contribution in [0.2, 0.25) is 0 Å². The van der Waals surface area contributed by atoms with Crippen LogP contribution in [0.4, 0.5) is 5.69 Å². The van der Waals surface area contributed by atoms with Crippen molar-refractivity contribution in [2.75, 3.05) is 25.1 Å². The van der Waals surface area contributed by atoms with E-state index < -0.39 is 0 Å². The van der Waals surface area contributed by atoms with Gasteiger partial charge in [0.25, 0.3) is 5.91 Å². The van der Waals surface area contributed by atoms with Crippen molar-refractivity contribution in [3.63, 3.8) is 0 Å². The second kappa shape index (κ2) is 8.93. The number of amides is 1. The number of rotatable bonds is 8. The molecule has 2 aromatic rings. The number of carbonyl (C=O) groups excluding carboxylic acids is 1. The van der Waals surface area contributed by atoms with E-state index in [9.17, 15) is 4.79 Å². The number of anilines is 1. The third kappa shape index (κ3) is 5.59. The Balaban J connectivity index is 1.76. The molecule has 0 saturated carbocycles. The smallest absolute Gasteiger partial charge is 0.251 e. The van der Waals surface area contributed by atoms with Crippen molar-refractivity contribution in [3.05, 3.63) is 59.7 Å². The number of hydrogen-bond acceptors (Lipinski definition) is 4. The topological polar surface area (TPSA) is 70.6 Å². The highest BCUT2D eigenvalue weighted by Crippen LogP contribution is 2.13. The van der Waals surface area contributed by atoms with Gasteiger partial charge < -0.3 is 20.5 Å². The summed E-state index contributed by atoms with van der Waals surface area (Å²) in [4.78, 5) is 11.9. The molecule has 0 bridgehead atoms. The molecule has 3 N–H and O–H groups in total. The van der Waals surface area contributed by atoms with Crippen LogP contribution >= 0.6 is 0 Å². The van der Waals surface area contributed by atoms with Crippen molar-refractivity contribution in [2.24, 2.45) is 0 Å². The monoisotopic (exact) mass is 328 g/mol. The maximum atomic E-state index is 11.9. The molecule has 128 valence electrons. The summed E-state index contributed by atoms with van der Waals surface area (Å²) in [6.07, 6.45) is 0. The van der Waals surface area contributed by atoms with E-state index in [2.05, 4.69) is 10.6 Å². The van der Waals surface area contributed by atoms with Crippen LogP contribution in [0.1, 0.15) is 22.8 Å². The molecule has 0 saturated heterocycles. The molecule has 24 heavy (non-hydrogen) atoms. The first-order chi connectivity index (χ1) is 11.6. The average molecular weight is 328 g/mol. The van der Waals surface area contributed by atoms with Crippen molar-refractivity contribution in [2.45, 2.75) is 19.9 Å². The maximum absolute atomic E-state index is 11.9. The fraction of sp³-hybridized carbons (Fsp3) is 0.316. The molecular weight excluding hydrogens is 304 g/mol. The highest BCUT2D eigenvalue weighted by Gasteiger charge is 2.08. The molecule has 5 nitrogen and oxygen atoms in total. The van der Waals surface area contributed by atoms with Gasteiger partial charge in [0.1, 0.15) is 12.4 Å². The van der Waals surface area contributed by atoms with Gasteiger partial charge in [0, 0.05) is 23.8 Å². The van der Waals surface area contributed by atoms with Gasteiger partial charge in [0.2, 0.25) is 0 Å². The normalized spacial score (nSPS) is 11.6. The zero-order valence-corrected chi connectivity index (χ0v) is 14.1. The van der Waals surface area contributed by atoms with E-state index in [0.717, 1.165) is 11.4 Å². The summed E-state index contributed by atoms with van der Waals surface area (Å²) in [7, 11) is 0. The van der Waals surface area contributed by atoms with Crippen LogP contribution in [0.25, 0.3) is 0 Å². The molecule has 0 aromatic heterocycles. The van der Waals surface area contributed by atoms with Crippen LogP contribution < -0.4 is 15.4 Å². The largest absolute Gasteiger partial charge is 0.492 e. The lowest BCUT2D eigenvalue weighted by Crippen LogP contribution is -2.34. The van der Waals surface area contributed by atoms with Gasteiger partial charge in [-0.15, -0.1) is 0 Å². The number of aryl methyl sites for hydroxylation is 1. The number of benzene rings is 2. The van der Waals surface area contributed by atoms with E-state index in [0.29, 0.717) is 18.7 Å². The molecule has 5 heteroatoms. The minimum absolute atomic E-state index is 0.0771. The van der Waals surface area contributed by atoms with Gasteiger partial charge in [-0.1, -0.05) is 12.1 Å². The predicted molar refractivity (Wildman–Crippen MR) is 95.6 cm³/mol. The third-order valence-corrected chi connectivity index (χ3v) is 3.49. The SMILES string of the molecule is Cc1cccc(OCCNc2ccc(C(=O)NC(C)CO)cc2)c1. The first kappa shape index (κ1) is 17.8. The molecule has 2 aromatic carbocycles. The summed E-state index contributed by atoms with van der Waals surface area (Å²) in [5.41, 5.74) is 2.66. The van der Waals surface area contributed by atoms with E-state index in [1.807, 2.05) is 43.3 Å². The zero-order valence-electron chi connectivity index (χ0n) is 14.1. The Morgan fingerprint density at radius 1 is 1.21 bits per heavy atom. The Morgan fingerprint density at radius 3 is 2.62 bits per heavy atom. The van der Waals surface area contributed by atoms with Crippen molar-refractivity contribution >= 4 is 11.6 Å². The van der Waals surface area contributed by atoms with E-state index in [1.165, 1.54) is 5.56 Å². The summed E-state index contributed by atoms with van der Waals surface area (Å²) in [6.45, 7) is 4.93. The standard InChI is InChI=1S/C19H24N2O3/c1-14-4-3-5-18(12-14)24-11-10-20-17-8-6-16(7-9-17)19(23)21-15(2)13-22/h3-9,12,15,20,22H,10-11,13H2,1-2H3,(H,21,23). The van der Waals surface area contributed by atoms with E-state index >= 15 is 0 Å². The highest BCUT2D eigenvalue weighted by atomic mass is 16.5. The fourth-order valence-corrected chi connectivity index (χ4v) is 2.16. The molecule has 0 fully saturated rings. The Bertz CT molecular complexity index is 656. The number of nitrogens with one attached hydrogen (secondary N) is 2. The minimum atomic E-state index is -0.255. The Labute approximate surface area is 142 Å². The molecule has 0 aliphatic carbocycles. The minimum Gasteiger partial charge on any atom is -0.492 e. The third-order valence-electron chi connectivity index (χ3n) is 3.49. The van der Waals surface area contributed by atoms with E-state index in [4.69, 9.17) is 9.84 Å². The van der Waals surface area contributed by atoms with Crippen LogP contribution in [0, 0.1) is 6.92 Å². The van der Waals surface area contributed by atoms with Gasteiger partial charge in [0.15, 0.2) is 0 Å². The highest BCUT2D eigenvalue weighted by molar-refractivity contribution is 5.94. The number of ether oxygens (including phenoxy) is 1. The van der Waals surface area contributed by atoms with E-state index in [-0.39, 0.29) is 18.6 Å². The molecule has 0 radical (unpaired) electrons. The van der Waals surface area contributed by atoms with Gasteiger partial charge in [-0.3, -0.25) is 4.79 Å². The van der Waals surface area contributed by atoms with Gasteiger partial charge in [-0.05, 0) is 55.8 Å². The van der Waals surface area contributed by atoms with Crippen molar-refractivity contribution < 1.29 is 14.6 Å². The summed E-state index contributed by atoms with van der Waals surface area (Å²) in [6, 6.07) is 14.9. The molecule has 1 atom stereocenters. The van der Waals surface area contributed by atoms with Gasteiger partial charge in [-0.2, -0.15) is 0 Å². The van der Waals surface area contributed by atoms with Gasteiger partial charge >= 0.3 is 0 Å². The summed E-state index contributed by atoms with van der Waals surface area (Å²) >= 11 is 0. The molecule has 0 spiro atoms. The quantitative estimate of drug-likeness (QED) is 0.652. The van der Waals surface area contributed by atoms with Crippen LogP contribution in [-0.2, 0) is 0 Å². The predicted octanol–water partition coefficient (Wildman–Crippen LogP) is 2.60. The van der Waals surface area contributed by atoms with Crippen molar-refractivity contribution in [1.82, 2.24) is 5.32 Å². The lowest BCUT2D eigenvalue weighted by atomic mass is 10.2. The lowest BCUT2D eigenvalue weighted by Gasteiger charge is -2.12. The number of carbonyl (C=O) groups is 1. The molecule has 0 aliphatic heterocycles. The summed E-state index contributed by atoms with van der Waals surface area (Å²) in [5.74, 6) is 0.674. The second-order valence-corrected chi connectivity index (χ2v) is 5.73. The second-order valence-electron chi connectivity index (χ2n) is 5.73. The lowest BCUT2D eigenvalue weighted by molar-refractivity contribution is 0.0922. The molecule has 1 unspecified atom stereocenters. The Morgan fingerprint density at radius 2 is 1.96 bits per heavy atom. The molecule has 0 aliphatic rings. The van der Waals surface area contributed by atoms with Crippen molar-refractivity contribution in [1.29, 1.82) is 0 Å². The van der Waals surface area contributed by atoms with Crippen LogP contribution in [0.5, 0.6) is 5.75 Å². The molecule has 0 heterocycles. The number of aliphatic hydroxyl groups is 1. The van der Waals surface area contributed by atoms with Crippen LogP contribution in [-0.4, -0.2) is 36.8 Å². The number of aliphatic hydroxyl groups excluding tert-OH is 1. The zero-order chi connectivity index (χ0) is 17.4. The van der Waals surface area contributed by atoms with E-state index in [1.54, 1.807) is 19.1 Å². The van der Waals surface area contributed by atoms with Crippen LogP contribution in [0.3, 0.4) is 0 Å². The number of hydrogen-bond donors (Lipinski definition) is 3. The molecule has 1 amide bonds. The maximum Gasteiger partial charge on any atom is 0.251 e. The van der Waals surface area contributed by atoms with Gasteiger partial charge in [-0.25, -0.2) is 0 Å². The van der Waals surface area contributed by atoms with Crippen LogP contribution in [0.15, 0.2) is 48.5 Å². The Kier molecular flexibility index (Phi) is 6.63. The van der Waals surface area contributed by atoms with Gasteiger partial charge in [0.05, 0.1) is 6.61 Å². The first-order valence-electron chi connectivity index (χ1n) is 8.03.